The van der Waals surface area contributed by atoms with Crippen LogP contribution >= 0.6 is 0 Å². The fourth-order valence-electron chi connectivity index (χ4n) is 1.96. The molecule has 1 unspecified atom stereocenters. The van der Waals surface area contributed by atoms with Crippen molar-refractivity contribution in [3.8, 4) is 0 Å². The number of carbonyl (C=O) groups is 2. The maximum atomic E-state index is 12.1. The van der Waals surface area contributed by atoms with Crippen molar-refractivity contribution in [3.63, 3.8) is 0 Å². The van der Waals surface area contributed by atoms with E-state index >= 15 is 0 Å². The smallest absolute Gasteiger partial charge is 0.244 e. The van der Waals surface area contributed by atoms with Gasteiger partial charge < -0.3 is 10.6 Å². The first kappa shape index (κ1) is 16.7. The van der Waals surface area contributed by atoms with E-state index in [4.69, 9.17) is 0 Å². The third-order valence-corrected chi connectivity index (χ3v) is 3.51. The quantitative estimate of drug-likeness (QED) is 0.859. The van der Waals surface area contributed by atoms with Gasteiger partial charge in [-0.25, -0.2) is 0 Å². The van der Waals surface area contributed by atoms with Gasteiger partial charge in [0, 0.05) is 30.5 Å². The van der Waals surface area contributed by atoms with Gasteiger partial charge in [0.05, 0.1) is 0 Å². The van der Waals surface area contributed by atoms with Crippen molar-refractivity contribution in [3.05, 3.63) is 48.3 Å². The standard InChI is InChI=1S/C17H22N4O2/c1-12(2)16(22)20-15-7-5-14(6-8-15)11-18-17(23)13(3)21-10-4-9-19-21/h4-10,12-13H,11H2,1-3H3,(H,18,23)(H,20,22). The molecule has 6 nitrogen and oxygen atoms in total. The van der Waals surface area contributed by atoms with Crippen LogP contribution < -0.4 is 10.6 Å². The Hall–Kier alpha value is -2.63. The highest BCUT2D eigenvalue weighted by Crippen LogP contribution is 2.11. The number of aromatic nitrogens is 2. The molecular weight excluding hydrogens is 292 g/mol. The molecule has 0 aliphatic rings. The molecule has 2 rings (SSSR count). The summed E-state index contributed by atoms with van der Waals surface area (Å²) in [6, 6.07) is 8.86. The van der Waals surface area contributed by atoms with Crippen LogP contribution in [0, 0.1) is 5.92 Å². The molecule has 2 N–H and O–H groups in total. The Morgan fingerprint density at radius 1 is 1.13 bits per heavy atom. The number of anilines is 1. The normalized spacial score (nSPS) is 12.0. The van der Waals surface area contributed by atoms with Gasteiger partial charge in [-0.3, -0.25) is 14.3 Å². The first-order chi connectivity index (χ1) is 11.0. The van der Waals surface area contributed by atoms with Crippen LogP contribution in [0.1, 0.15) is 32.4 Å². The zero-order chi connectivity index (χ0) is 16.8. The maximum Gasteiger partial charge on any atom is 0.244 e. The molecule has 0 bridgehead atoms. The van der Waals surface area contributed by atoms with Crippen molar-refractivity contribution < 1.29 is 9.59 Å². The number of rotatable bonds is 6. The highest BCUT2D eigenvalue weighted by Gasteiger charge is 2.14. The summed E-state index contributed by atoms with van der Waals surface area (Å²) >= 11 is 0. The Labute approximate surface area is 135 Å². The average molecular weight is 314 g/mol. The third kappa shape index (κ3) is 4.67. The molecule has 0 saturated heterocycles. The van der Waals surface area contributed by atoms with Crippen LogP contribution in [-0.2, 0) is 16.1 Å². The zero-order valence-corrected chi connectivity index (χ0v) is 13.6. The first-order valence-electron chi connectivity index (χ1n) is 7.64. The number of amides is 2. The van der Waals surface area contributed by atoms with Gasteiger partial charge in [0.1, 0.15) is 6.04 Å². The Balaban J connectivity index is 1.86. The van der Waals surface area contributed by atoms with Crippen LogP contribution in [0.5, 0.6) is 0 Å². The van der Waals surface area contributed by atoms with E-state index in [0.29, 0.717) is 6.54 Å². The fourth-order valence-corrected chi connectivity index (χ4v) is 1.96. The van der Waals surface area contributed by atoms with E-state index in [-0.39, 0.29) is 23.8 Å². The second-order valence-electron chi connectivity index (χ2n) is 5.72. The maximum absolute atomic E-state index is 12.1. The van der Waals surface area contributed by atoms with E-state index in [1.54, 1.807) is 30.1 Å². The molecule has 1 aromatic heterocycles. The Bertz CT molecular complexity index is 648. The van der Waals surface area contributed by atoms with Crippen LogP contribution in [0.4, 0.5) is 5.69 Å². The van der Waals surface area contributed by atoms with Crippen LogP contribution in [0.2, 0.25) is 0 Å². The van der Waals surface area contributed by atoms with Gasteiger partial charge in [0.2, 0.25) is 11.8 Å². The molecular formula is C17H22N4O2. The minimum atomic E-state index is -0.352. The minimum absolute atomic E-state index is 0.0147. The molecule has 0 spiro atoms. The van der Waals surface area contributed by atoms with E-state index in [2.05, 4.69) is 15.7 Å². The summed E-state index contributed by atoms with van der Waals surface area (Å²) in [6.07, 6.45) is 3.41. The summed E-state index contributed by atoms with van der Waals surface area (Å²) in [7, 11) is 0. The van der Waals surface area contributed by atoms with E-state index in [1.807, 2.05) is 38.1 Å². The van der Waals surface area contributed by atoms with Gasteiger partial charge in [-0.2, -0.15) is 5.10 Å². The van der Waals surface area contributed by atoms with E-state index in [0.717, 1.165) is 11.3 Å². The molecule has 0 radical (unpaired) electrons. The van der Waals surface area contributed by atoms with E-state index < -0.39 is 0 Å². The molecule has 1 aromatic carbocycles. The van der Waals surface area contributed by atoms with E-state index in [9.17, 15) is 9.59 Å². The molecule has 0 aliphatic heterocycles. The number of carbonyl (C=O) groups excluding carboxylic acids is 2. The summed E-state index contributed by atoms with van der Waals surface area (Å²) in [5, 5.41) is 9.77. The van der Waals surface area contributed by atoms with E-state index in [1.165, 1.54) is 0 Å². The van der Waals surface area contributed by atoms with Crippen LogP contribution in [-0.4, -0.2) is 21.6 Å². The Kier molecular flexibility index (Phi) is 5.51. The van der Waals surface area contributed by atoms with Gasteiger partial charge in [0.15, 0.2) is 0 Å². The summed E-state index contributed by atoms with van der Waals surface area (Å²) < 4.78 is 1.61. The molecule has 0 saturated carbocycles. The molecule has 2 amide bonds. The van der Waals surface area contributed by atoms with Crippen molar-refractivity contribution >= 4 is 17.5 Å². The molecule has 2 aromatic rings. The highest BCUT2D eigenvalue weighted by atomic mass is 16.2. The van der Waals surface area contributed by atoms with Crippen molar-refractivity contribution in [2.45, 2.75) is 33.4 Å². The molecule has 1 heterocycles. The van der Waals surface area contributed by atoms with Crippen molar-refractivity contribution in [2.24, 2.45) is 5.92 Å². The molecule has 122 valence electrons. The monoisotopic (exact) mass is 314 g/mol. The van der Waals surface area contributed by atoms with Crippen LogP contribution in [0.25, 0.3) is 0 Å². The van der Waals surface area contributed by atoms with Crippen molar-refractivity contribution in [2.75, 3.05) is 5.32 Å². The SMILES string of the molecule is CC(C)C(=O)Nc1ccc(CNC(=O)C(C)n2cccn2)cc1. The lowest BCUT2D eigenvalue weighted by Crippen LogP contribution is -2.30. The molecule has 0 aliphatic carbocycles. The summed E-state index contributed by atoms with van der Waals surface area (Å²) in [4.78, 5) is 23.7. The number of hydrogen-bond donors (Lipinski definition) is 2. The number of nitrogens with zero attached hydrogens (tertiary/aromatic N) is 2. The summed E-state index contributed by atoms with van der Waals surface area (Å²) in [6.45, 7) is 5.93. The highest BCUT2D eigenvalue weighted by molar-refractivity contribution is 5.92. The Morgan fingerprint density at radius 2 is 1.83 bits per heavy atom. The minimum Gasteiger partial charge on any atom is -0.350 e. The van der Waals surface area contributed by atoms with Crippen LogP contribution in [0.3, 0.4) is 0 Å². The predicted molar refractivity (Wildman–Crippen MR) is 88.7 cm³/mol. The number of benzene rings is 1. The topological polar surface area (TPSA) is 76.0 Å². The first-order valence-corrected chi connectivity index (χ1v) is 7.64. The second-order valence-corrected chi connectivity index (χ2v) is 5.72. The van der Waals surface area contributed by atoms with Crippen LogP contribution in [0.15, 0.2) is 42.7 Å². The lowest BCUT2D eigenvalue weighted by atomic mass is 10.1. The molecule has 1 atom stereocenters. The fraction of sp³-hybridized carbons (Fsp3) is 0.353. The average Bonchev–Trinajstić information content (AvgIpc) is 3.07. The predicted octanol–water partition coefficient (Wildman–Crippen LogP) is 2.36. The second kappa shape index (κ2) is 7.58. The number of hydrogen-bond acceptors (Lipinski definition) is 3. The van der Waals surface area contributed by atoms with Gasteiger partial charge in [-0.15, -0.1) is 0 Å². The Morgan fingerprint density at radius 3 is 2.39 bits per heavy atom. The van der Waals surface area contributed by atoms with Crippen molar-refractivity contribution in [1.29, 1.82) is 0 Å². The summed E-state index contributed by atoms with van der Waals surface area (Å²) in [5.74, 6) is -0.164. The van der Waals surface area contributed by atoms with Crippen molar-refractivity contribution in [1.82, 2.24) is 15.1 Å². The molecule has 23 heavy (non-hydrogen) atoms. The van der Waals surface area contributed by atoms with Gasteiger partial charge in [0.25, 0.3) is 0 Å². The van der Waals surface area contributed by atoms with Gasteiger partial charge in [-0.05, 0) is 30.7 Å². The lowest BCUT2D eigenvalue weighted by molar-refractivity contribution is -0.124. The van der Waals surface area contributed by atoms with Gasteiger partial charge in [-0.1, -0.05) is 26.0 Å². The van der Waals surface area contributed by atoms with Gasteiger partial charge >= 0.3 is 0 Å². The molecule has 0 fully saturated rings. The largest absolute Gasteiger partial charge is 0.350 e. The number of nitrogens with one attached hydrogen (secondary N) is 2. The third-order valence-electron chi connectivity index (χ3n) is 3.51. The lowest BCUT2D eigenvalue weighted by Gasteiger charge is -2.13. The molecule has 6 heteroatoms. The zero-order valence-electron chi connectivity index (χ0n) is 13.6. The summed E-state index contributed by atoms with van der Waals surface area (Å²) in [5.41, 5.74) is 1.72.